The van der Waals surface area contributed by atoms with Crippen molar-refractivity contribution in [3.05, 3.63) is 42.2 Å². The second kappa shape index (κ2) is 9.41. The molecule has 1 saturated carbocycles. The van der Waals surface area contributed by atoms with Gasteiger partial charge in [0.05, 0.1) is 32.2 Å². The van der Waals surface area contributed by atoms with Gasteiger partial charge >= 0.3 is 0 Å². The van der Waals surface area contributed by atoms with Crippen LogP contribution in [0, 0.1) is 5.92 Å². The number of aromatic hydroxyl groups is 1. The minimum absolute atomic E-state index is 0.0945. The average Bonchev–Trinajstić information content (AvgIpc) is 3.58. The summed E-state index contributed by atoms with van der Waals surface area (Å²) in [5.74, 6) is 1.39. The summed E-state index contributed by atoms with van der Waals surface area (Å²) in [7, 11) is 1.50. The number of aromatic nitrogens is 2. The summed E-state index contributed by atoms with van der Waals surface area (Å²) in [5.41, 5.74) is 2.45. The van der Waals surface area contributed by atoms with Crippen LogP contribution in [0.1, 0.15) is 36.0 Å². The van der Waals surface area contributed by atoms with Crippen molar-refractivity contribution in [3.8, 4) is 28.5 Å². The van der Waals surface area contributed by atoms with Crippen LogP contribution in [0.25, 0.3) is 16.9 Å². The molecule has 1 aromatic carbocycles. The van der Waals surface area contributed by atoms with E-state index in [9.17, 15) is 9.90 Å². The fourth-order valence-corrected chi connectivity index (χ4v) is 4.35. The number of carbonyl (C=O) groups excluding carboxylic acids is 1. The zero-order valence-corrected chi connectivity index (χ0v) is 18.8. The number of fused-ring (bicyclic) bond motifs is 1. The summed E-state index contributed by atoms with van der Waals surface area (Å²) >= 11 is 0. The van der Waals surface area contributed by atoms with Gasteiger partial charge in [-0.25, -0.2) is 4.98 Å². The van der Waals surface area contributed by atoms with Crippen molar-refractivity contribution in [2.45, 2.75) is 31.7 Å². The number of nitrogens with one attached hydrogen (secondary N) is 2. The third kappa shape index (κ3) is 4.82. The van der Waals surface area contributed by atoms with Gasteiger partial charge in [0, 0.05) is 36.3 Å². The van der Waals surface area contributed by atoms with Gasteiger partial charge in [0.25, 0.3) is 0 Å². The van der Waals surface area contributed by atoms with Crippen molar-refractivity contribution in [1.82, 2.24) is 20.0 Å². The molecule has 1 aliphatic carbocycles. The highest BCUT2D eigenvalue weighted by Crippen LogP contribution is 2.35. The maximum atomic E-state index is 12.7. The molecule has 3 N–H and O–H groups in total. The normalized spacial score (nSPS) is 18.4. The monoisotopic (exact) mass is 450 g/mol. The van der Waals surface area contributed by atoms with Crippen LogP contribution in [0.2, 0.25) is 0 Å². The second-order valence-corrected chi connectivity index (χ2v) is 8.91. The largest absolute Gasteiger partial charge is 0.507 e. The maximum absolute atomic E-state index is 12.7. The number of benzene rings is 1. The molecule has 33 heavy (non-hydrogen) atoms. The number of phenolic OH excluding ortho intramolecular Hbond substituents is 1. The van der Waals surface area contributed by atoms with Crippen LogP contribution in [0.5, 0.6) is 17.2 Å². The van der Waals surface area contributed by atoms with Gasteiger partial charge in [0.2, 0.25) is 0 Å². The molecule has 2 aromatic heterocycles. The highest BCUT2D eigenvalue weighted by atomic mass is 16.5. The molecule has 0 spiro atoms. The van der Waals surface area contributed by atoms with Gasteiger partial charge in [-0.15, -0.1) is 0 Å². The number of carbonyl (C=O) groups is 1. The molecule has 1 aliphatic heterocycles. The first-order valence-corrected chi connectivity index (χ1v) is 11.6. The number of methoxy groups -OCH3 is 1. The third-order valence-electron chi connectivity index (χ3n) is 6.37. The minimum atomic E-state index is -0.184. The highest BCUT2D eigenvalue weighted by Gasteiger charge is 2.25. The zero-order chi connectivity index (χ0) is 22.8. The van der Waals surface area contributed by atoms with Crippen molar-refractivity contribution in [3.63, 3.8) is 0 Å². The van der Waals surface area contributed by atoms with E-state index < -0.39 is 0 Å². The Bertz CT molecular complexity index is 1150. The summed E-state index contributed by atoms with van der Waals surface area (Å²) in [6.07, 6.45) is 8.21. The summed E-state index contributed by atoms with van der Waals surface area (Å²) < 4.78 is 13.4. The lowest BCUT2D eigenvalue weighted by molar-refractivity contribution is 0.0985. The third-order valence-corrected chi connectivity index (χ3v) is 6.37. The maximum Gasteiger partial charge on any atom is 0.184 e. The van der Waals surface area contributed by atoms with E-state index in [2.05, 4.69) is 15.6 Å². The highest BCUT2D eigenvalue weighted by molar-refractivity contribution is 6.03. The number of nitrogens with zero attached hydrogens (tertiary/aromatic N) is 2. The number of imidazole rings is 1. The van der Waals surface area contributed by atoms with Crippen LogP contribution in [0.3, 0.4) is 0 Å². The Hall–Kier alpha value is -3.10. The molecule has 0 radical (unpaired) electrons. The molecule has 5 rings (SSSR count). The number of pyridine rings is 1. The van der Waals surface area contributed by atoms with Gasteiger partial charge in [-0.05, 0) is 50.4 Å². The van der Waals surface area contributed by atoms with Gasteiger partial charge in [-0.2, -0.15) is 0 Å². The van der Waals surface area contributed by atoms with Crippen molar-refractivity contribution < 1.29 is 19.4 Å². The molecule has 0 unspecified atom stereocenters. The lowest BCUT2D eigenvalue weighted by atomic mass is 10.0. The van der Waals surface area contributed by atoms with Crippen molar-refractivity contribution in [1.29, 1.82) is 0 Å². The zero-order valence-electron chi connectivity index (χ0n) is 18.8. The van der Waals surface area contributed by atoms with Crippen molar-refractivity contribution in [2.24, 2.45) is 5.92 Å². The van der Waals surface area contributed by atoms with Gasteiger partial charge in [0.15, 0.2) is 5.78 Å². The Morgan fingerprint density at radius 1 is 1.30 bits per heavy atom. The summed E-state index contributed by atoms with van der Waals surface area (Å²) in [6, 6.07) is 7.61. The number of Topliss-reactive ketones (excluding diaryl/α,β-unsaturated/α-hetero) is 1. The predicted octanol–water partition coefficient (Wildman–Crippen LogP) is 3.03. The van der Waals surface area contributed by atoms with E-state index in [1.807, 2.05) is 22.7 Å². The van der Waals surface area contributed by atoms with E-state index >= 15 is 0 Å². The fraction of sp³-hybridized carbons (Fsp3) is 0.440. The van der Waals surface area contributed by atoms with Crippen LogP contribution in [0.15, 0.2) is 36.7 Å². The topological polar surface area (TPSA) is 97.1 Å². The Morgan fingerprint density at radius 3 is 2.94 bits per heavy atom. The molecule has 3 aromatic rings. The van der Waals surface area contributed by atoms with Crippen LogP contribution < -0.4 is 20.1 Å². The summed E-state index contributed by atoms with van der Waals surface area (Å²) in [4.78, 5) is 17.2. The smallest absolute Gasteiger partial charge is 0.184 e. The lowest BCUT2D eigenvalue weighted by Crippen LogP contribution is -2.33. The van der Waals surface area contributed by atoms with Gasteiger partial charge < -0.3 is 25.2 Å². The predicted molar refractivity (Wildman–Crippen MR) is 125 cm³/mol. The molecule has 8 heteroatoms. The average molecular weight is 451 g/mol. The molecule has 174 valence electrons. The first-order valence-electron chi connectivity index (χ1n) is 11.6. The molecular formula is C25H30N4O4. The Labute approximate surface area is 192 Å². The van der Waals surface area contributed by atoms with Gasteiger partial charge in [-0.1, -0.05) is 0 Å². The molecule has 2 fully saturated rings. The molecule has 0 bridgehead atoms. The van der Waals surface area contributed by atoms with Crippen molar-refractivity contribution in [2.75, 3.05) is 33.4 Å². The number of ketones is 1. The van der Waals surface area contributed by atoms with Crippen LogP contribution >= 0.6 is 0 Å². The van der Waals surface area contributed by atoms with Gasteiger partial charge in [-0.3, -0.25) is 9.20 Å². The number of hydrogen-bond acceptors (Lipinski definition) is 7. The van der Waals surface area contributed by atoms with E-state index in [0.29, 0.717) is 29.9 Å². The van der Waals surface area contributed by atoms with E-state index in [1.165, 1.54) is 20.0 Å². The lowest BCUT2D eigenvalue weighted by Gasteiger charge is -2.22. The number of rotatable bonds is 9. The SMILES string of the molecule is COc1cc(-c2cnc3cc(OC[C@@H]4CCCNC4)ccn23)cc(O)c1C(=O)CNC1CC1. The fourth-order valence-electron chi connectivity index (χ4n) is 4.35. The summed E-state index contributed by atoms with van der Waals surface area (Å²) in [5, 5.41) is 17.3. The number of piperidine rings is 1. The molecule has 2 aliphatic rings. The minimum Gasteiger partial charge on any atom is -0.507 e. The molecule has 3 heterocycles. The standard InChI is InChI=1S/C25H30N4O4/c1-32-23-10-17(9-21(30)25(23)22(31)14-27-18-4-5-18)20-13-28-24-11-19(6-8-29(20)24)33-15-16-3-2-7-26-12-16/h6,8-11,13,16,18,26-27,30H,2-5,7,12,14-15H2,1H3/t16-/m1/s1. The quantitative estimate of drug-likeness (QED) is 0.431. The number of ether oxygens (including phenoxy) is 2. The Balaban J connectivity index is 1.36. The molecule has 0 amide bonds. The second-order valence-electron chi connectivity index (χ2n) is 8.91. The molecule has 8 nitrogen and oxygen atoms in total. The van der Waals surface area contributed by atoms with E-state index in [1.54, 1.807) is 18.3 Å². The number of phenols is 1. The molecule has 1 atom stereocenters. The molecule has 1 saturated heterocycles. The van der Waals surface area contributed by atoms with Crippen LogP contribution in [-0.4, -0.2) is 59.7 Å². The van der Waals surface area contributed by atoms with Crippen LogP contribution in [-0.2, 0) is 0 Å². The number of hydrogen-bond donors (Lipinski definition) is 3. The van der Waals surface area contributed by atoms with Gasteiger partial charge in [0.1, 0.15) is 28.5 Å². The van der Waals surface area contributed by atoms with Crippen molar-refractivity contribution >= 4 is 11.4 Å². The van der Waals surface area contributed by atoms with E-state index in [4.69, 9.17) is 9.47 Å². The van der Waals surface area contributed by atoms with Crippen LogP contribution in [0.4, 0.5) is 0 Å². The first-order chi connectivity index (χ1) is 16.1. The summed E-state index contributed by atoms with van der Waals surface area (Å²) in [6.45, 7) is 2.96. The Kier molecular flexibility index (Phi) is 6.20. The first kappa shape index (κ1) is 21.7. The Morgan fingerprint density at radius 2 is 2.18 bits per heavy atom. The molecular weight excluding hydrogens is 420 g/mol. The van der Waals surface area contributed by atoms with E-state index in [-0.39, 0.29) is 23.6 Å². The van der Waals surface area contributed by atoms with E-state index in [0.717, 1.165) is 43.0 Å².